The van der Waals surface area contributed by atoms with E-state index in [9.17, 15) is 0 Å². The van der Waals surface area contributed by atoms with Gasteiger partial charge in [0.15, 0.2) is 0 Å². The van der Waals surface area contributed by atoms with Gasteiger partial charge in [0.05, 0.1) is 5.02 Å². The molecular formula is C10H9ClN2O. The second-order valence-electron chi connectivity index (χ2n) is 2.87. The van der Waals surface area contributed by atoms with Gasteiger partial charge in [0.2, 0.25) is 0 Å². The summed E-state index contributed by atoms with van der Waals surface area (Å²) in [5.41, 5.74) is 7.97. The van der Waals surface area contributed by atoms with E-state index in [4.69, 9.17) is 21.9 Å². The standard InChI is InChI=1S/C10H9ClN2O/c11-9-4-2-1-3-8(9)10-7(5-12)6-14-13-10/h1-4,6H,5,12H2. The summed E-state index contributed by atoms with van der Waals surface area (Å²) in [4.78, 5) is 0. The Labute approximate surface area is 86.5 Å². The molecule has 2 rings (SSSR count). The van der Waals surface area contributed by atoms with Crippen LogP contribution in [0, 0.1) is 0 Å². The van der Waals surface area contributed by atoms with Gasteiger partial charge in [-0.3, -0.25) is 0 Å². The predicted molar refractivity (Wildman–Crippen MR) is 54.8 cm³/mol. The molecule has 0 amide bonds. The molecule has 72 valence electrons. The third-order valence-corrected chi connectivity index (χ3v) is 2.32. The third-order valence-electron chi connectivity index (χ3n) is 1.99. The van der Waals surface area contributed by atoms with Crippen LogP contribution in [0.1, 0.15) is 5.56 Å². The van der Waals surface area contributed by atoms with E-state index in [0.29, 0.717) is 11.6 Å². The van der Waals surface area contributed by atoms with Crippen molar-refractivity contribution in [3.05, 3.63) is 41.1 Å². The maximum Gasteiger partial charge on any atom is 0.128 e. The summed E-state index contributed by atoms with van der Waals surface area (Å²) >= 11 is 6.02. The number of halogens is 1. The SMILES string of the molecule is NCc1conc1-c1ccccc1Cl. The molecule has 0 aliphatic heterocycles. The van der Waals surface area contributed by atoms with E-state index in [1.807, 2.05) is 24.3 Å². The first kappa shape index (κ1) is 9.24. The lowest BCUT2D eigenvalue weighted by molar-refractivity contribution is 0.421. The fraction of sp³-hybridized carbons (Fsp3) is 0.100. The molecule has 3 nitrogen and oxygen atoms in total. The molecule has 1 aromatic carbocycles. The van der Waals surface area contributed by atoms with Crippen LogP contribution >= 0.6 is 11.6 Å². The van der Waals surface area contributed by atoms with Crippen molar-refractivity contribution in [3.8, 4) is 11.3 Å². The van der Waals surface area contributed by atoms with E-state index in [-0.39, 0.29) is 0 Å². The van der Waals surface area contributed by atoms with Crippen LogP contribution in [0.4, 0.5) is 0 Å². The van der Waals surface area contributed by atoms with Gasteiger partial charge in [0.1, 0.15) is 12.0 Å². The Morgan fingerprint density at radius 3 is 2.86 bits per heavy atom. The number of aromatic nitrogens is 1. The van der Waals surface area contributed by atoms with Crippen LogP contribution in [0.2, 0.25) is 5.02 Å². The van der Waals surface area contributed by atoms with Crippen molar-refractivity contribution in [2.24, 2.45) is 5.73 Å². The van der Waals surface area contributed by atoms with Crippen LogP contribution < -0.4 is 5.73 Å². The van der Waals surface area contributed by atoms with Gasteiger partial charge < -0.3 is 10.3 Å². The maximum atomic E-state index is 6.02. The van der Waals surface area contributed by atoms with Gasteiger partial charge >= 0.3 is 0 Å². The zero-order valence-corrected chi connectivity index (χ0v) is 8.16. The highest BCUT2D eigenvalue weighted by molar-refractivity contribution is 6.33. The van der Waals surface area contributed by atoms with Gasteiger partial charge in [0.25, 0.3) is 0 Å². The Hall–Kier alpha value is -1.32. The number of hydrogen-bond acceptors (Lipinski definition) is 3. The Balaban J connectivity index is 2.54. The summed E-state index contributed by atoms with van der Waals surface area (Å²) in [5, 5.41) is 4.53. The van der Waals surface area contributed by atoms with Gasteiger partial charge in [0, 0.05) is 17.7 Å². The molecule has 0 aliphatic carbocycles. The Morgan fingerprint density at radius 2 is 2.14 bits per heavy atom. The fourth-order valence-corrected chi connectivity index (χ4v) is 1.50. The largest absolute Gasteiger partial charge is 0.364 e. The Bertz CT molecular complexity index is 439. The van der Waals surface area contributed by atoms with Crippen LogP contribution in [0.25, 0.3) is 11.3 Å². The number of hydrogen-bond donors (Lipinski definition) is 1. The monoisotopic (exact) mass is 208 g/mol. The van der Waals surface area contributed by atoms with E-state index in [2.05, 4.69) is 5.16 Å². The molecule has 0 saturated heterocycles. The number of rotatable bonds is 2. The molecule has 0 aliphatic rings. The summed E-state index contributed by atoms with van der Waals surface area (Å²) in [6, 6.07) is 7.47. The molecular weight excluding hydrogens is 200 g/mol. The molecule has 2 aromatic rings. The number of nitrogens with two attached hydrogens (primary N) is 1. The van der Waals surface area contributed by atoms with Gasteiger partial charge in [-0.2, -0.15) is 0 Å². The van der Waals surface area contributed by atoms with Gasteiger partial charge in [-0.1, -0.05) is 35.0 Å². The van der Waals surface area contributed by atoms with Crippen LogP contribution in [0.15, 0.2) is 35.1 Å². The number of benzene rings is 1. The average Bonchev–Trinajstić information content (AvgIpc) is 2.66. The first-order valence-corrected chi connectivity index (χ1v) is 4.59. The smallest absolute Gasteiger partial charge is 0.128 e. The molecule has 2 N–H and O–H groups in total. The quantitative estimate of drug-likeness (QED) is 0.825. The zero-order chi connectivity index (χ0) is 9.97. The molecule has 1 aromatic heterocycles. The Morgan fingerprint density at radius 1 is 1.36 bits per heavy atom. The molecule has 1 heterocycles. The normalized spacial score (nSPS) is 10.4. The predicted octanol–water partition coefficient (Wildman–Crippen LogP) is 2.45. The zero-order valence-electron chi connectivity index (χ0n) is 7.40. The lowest BCUT2D eigenvalue weighted by Gasteiger charge is -2.00. The number of nitrogens with zero attached hydrogens (tertiary/aromatic N) is 1. The summed E-state index contributed by atoms with van der Waals surface area (Å²) in [5.74, 6) is 0. The average molecular weight is 209 g/mol. The highest BCUT2D eigenvalue weighted by Gasteiger charge is 2.11. The highest BCUT2D eigenvalue weighted by atomic mass is 35.5. The molecule has 0 unspecified atom stereocenters. The van der Waals surface area contributed by atoms with Crippen molar-refractivity contribution in [3.63, 3.8) is 0 Å². The van der Waals surface area contributed by atoms with Crippen molar-refractivity contribution >= 4 is 11.6 Å². The minimum Gasteiger partial charge on any atom is -0.364 e. The van der Waals surface area contributed by atoms with Crippen LogP contribution in [0.3, 0.4) is 0 Å². The van der Waals surface area contributed by atoms with E-state index in [1.54, 1.807) is 6.26 Å². The van der Waals surface area contributed by atoms with E-state index in [0.717, 1.165) is 16.8 Å². The highest BCUT2D eigenvalue weighted by Crippen LogP contribution is 2.28. The summed E-state index contributed by atoms with van der Waals surface area (Å²) < 4.78 is 4.86. The fourth-order valence-electron chi connectivity index (χ4n) is 1.28. The lowest BCUT2D eigenvalue weighted by atomic mass is 10.1. The topological polar surface area (TPSA) is 52.0 Å². The van der Waals surface area contributed by atoms with Crippen molar-refractivity contribution in [2.45, 2.75) is 6.54 Å². The molecule has 0 atom stereocenters. The van der Waals surface area contributed by atoms with Gasteiger partial charge in [-0.05, 0) is 6.07 Å². The van der Waals surface area contributed by atoms with Crippen LogP contribution in [-0.4, -0.2) is 5.16 Å². The molecule has 14 heavy (non-hydrogen) atoms. The van der Waals surface area contributed by atoms with E-state index < -0.39 is 0 Å². The van der Waals surface area contributed by atoms with Crippen LogP contribution in [0.5, 0.6) is 0 Å². The third kappa shape index (κ3) is 1.52. The molecule has 0 fully saturated rings. The van der Waals surface area contributed by atoms with Gasteiger partial charge in [-0.15, -0.1) is 0 Å². The second-order valence-corrected chi connectivity index (χ2v) is 3.28. The molecule has 0 bridgehead atoms. The first-order chi connectivity index (χ1) is 6.83. The second kappa shape index (κ2) is 3.82. The van der Waals surface area contributed by atoms with Crippen molar-refractivity contribution < 1.29 is 4.52 Å². The molecule has 4 heteroatoms. The molecule has 0 saturated carbocycles. The van der Waals surface area contributed by atoms with Crippen LogP contribution in [-0.2, 0) is 6.54 Å². The minimum absolute atomic E-state index is 0.393. The van der Waals surface area contributed by atoms with E-state index >= 15 is 0 Å². The van der Waals surface area contributed by atoms with Crippen molar-refractivity contribution in [1.29, 1.82) is 0 Å². The maximum absolute atomic E-state index is 6.02. The van der Waals surface area contributed by atoms with Crippen molar-refractivity contribution in [1.82, 2.24) is 5.16 Å². The summed E-state index contributed by atoms with van der Waals surface area (Å²) in [6.45, 7) is 0.393. The van der Waals surface area contributed by atoms with E-state index in [1.165, 1.54) is 0 Å². The Kier molecular flexibility index (Phi) is 2.52. The lowest BCUT2D eigenvalue weighted by Crippen LogP contribution is -1.96. The minimum atomic E-state index is 0.393. The van der Waals surface area contributed by atoms with Gasteiger partial charge in [-0.25, -0.2) is 0 Å². The first-order valence-electron chi connectivity index (χ1n) is 4.21. The molecule has 0 radical (unpaired) electrons. The van der Waals surface area contributed by atoms with Crippen molar-refractivity contribution in [2.75, 3.05) is 0 Å². The summed E-state index contributed by atoms with van der Waals surface area (Å²) in [6.07, 6.45) is 1.54. The molecule has 0 spiro atoms. The summed E-state index contributed by atoms with van der Waals surface area (Å²) in [7, 11) is 0.